The van der Waals surface area contributed by atoms with E-state index in [9.17, 15) is 0 Å². The number of aromatic nitrogens is 2. The molecule has 0 spiro atoms. The molecule has 4 heteroatoms. The monoisotopic (exact) mass is 219 g/mol. The normalized spacial score (nSPS) is 11.0. The van der Waals surface area contributed by atoms with Gasteiger partial charge >= 0.3 is 0 Å². The largest absolute Gasteiger partial charge is 0.463 e. The average molecular weight is 219 g/mol. The van der Waals surface area contributed by atoms with Gasteiger partial charge in [0.1, 0.15) is 11.5 Å². The van der Waals surface area contributed by atoms with E-state index < -0.39 is 0 Å². The lowest BCUT2D eigenvalue weighted by molar-refractivity contribution is 0.443. The Labute approximate surface area is 95.1 Å². The Morgan fingerprint density at radius 1 is 1.25 bits per heavy atom. The zero-order valence-corrected chi connectivity index (χ0v) is 9.95. The van der Waals surface area contributed by atoms with E-state index in [2.05, 4.69) is 18.9 Å². The number of hydrogen-bond acceptors (Lipinski definition) is 3. The summed E-state index contributed by atoms with van der Waals surface area (Å²) >= 11 is 0. The van der Waals surface area contributed by atoms with Crippen LogP contribution in [-0.4, -0.2) is 9.78 Å². The molecule has 4 nitrogen and oxygen atoms in total. The smallest absolute Gasteiger partial charge is 0.125 e. The molecule has 0 radical (unpaired) electrons. The Hall–Kier alpha value is -1.55. The third-order valence-corrected chi connectivity index (χ3v) is 2.97. The van der Waals surface area contributed by atoms with Gasteiger partial charge in [0.15, 0.2) is 0 Å². The van der Waals surface area contributed by atoms with Crippen molar-refractivity contribution in [1.82, 2.24) is 9.78 Å². The van der Waals surface area contributed by atoms with Gasteiger partial charge in [0.25, 0.3) is 0 Å². The van der Waals surface area contributed by atoms with Gasteiger partial charge in [0.05, 0.1) is 18.8 Å². The second kappa shape index (κ2) is 4.14. The van der Waals surface area contributed by atoms with Gasteiger partial charge in [0.2, 0.25) is 0 Å². The topological polar surface area (TPSA) is 57.0 Å². The van der Waals surface area contributed by atoms with Gasteiger partial charge in [-0.3, -0.25) is 4.68 Å². The molecule has 0 aromatic carbocycles. The average Bonchev–Trinajstić information content (AvgIpc) is 2.81. The standard InChI is InChI=1S/C12H17N3O/c1-8-9(2)14-15(10(8)3)7-12-5-4-11(6-13)16-12/h4-5H,6-7,13H2,1-3H3. The zero-order chi connectivity index (χ0) is 11.7. The molecule has 86 valence electrons. The summed E-state index contributed by atoms with van der Waals surface area (Å²) in [4.78, 5) is 0. The fourth-order valence-electron chi connectivity index (χ4n) is 1.71. The minimum absolute atomic E-state index is 0.441. The van der Waals surface area contributed by atoms with Crippen LogP contribution in [0.5, 0.6) is 0 Å². The van der Waals surface area contributed by atoms with E-state index in [-0.39, 0.29) is 0 Å². The SMILES string of the molecule is Cc1nn(Cc2ccc(CN)o2)c(C)c1C. The lowest BCUT2D eigenvalue weighted by Crippen LogP contribution is -2.03. The van der Waals surface area contributed by atoms with Gasteiger partial charge in [-0.15, -0.1) is 0 Å². The van der Waals surface area contributed by atoms with Gasteiger partial charge in [-0.25, -0.2) is 0 Å². The Kier molecular flexibility index (Phi) is 2.83. The second-order valence-electron chi connectivity index (χ2n) is 4.03. The molecule has 0 saturated heterocycles. The van der Waals surface area contributed by atoms with Crippen LogP contribution >= 0.6 is 0 Å². The highest BCUT2D eigenvalue weighted by atomic mass is 16.3. The number of rotatable bonds is 3. The molecule has 0 aliphatic rings. The number of aryl methyl sites for hydroxylation is 1. The summed E-state index contributed by atoms with van der Waals surface area (Å²) in [5.74, 6) is 1.71. The minimum atomic E-state index is 0.441. The van der Waals surface area contributed by atoms with Crippen molar-refractivity contribution in [3.05, 3.63) is 40.6 Å². The first-order chi connectivity index (χ1) is 7.61. The van der Waals surface area contributed by atoms with Crippen LogP contribution < -0.4 is 5.73 Å². The third-order valence-electron chi connectivity index (χ3n) is 2.97. The number of nitrogens with zero attached hydrogens (tertiary/aromatic N) is 2. The van der Waals surface area contributed by atoms with Crippen LogP contribution in [0.3, 0.4) is 0 Å². The van der Waals surface area contributed by atoms with Crippen molar-refractivity contribution in [3.63, 3.8) is 0 Å². The molecule has 0 fully saturated rings. The molecule has 0 aliphatic heterocycles. The summed E-state index contributed by atoms with van der Waals surface area (Å²) in [6.45, 7) is 7.28. The Balaban J connectivity index is 2.23. The number of furan rings is 1. The van der Waals surface area contributed by atoms with Crippen LogP contribution in [0.1, 0.15) is 28.5 Å². The molecule has 0 saturated carbocycles. The van der Waals surface area contributed by atoms with Crippen molar-refractivity contribution in [2.75, 3.05) is 0 Å². The van der Waals surface area contributed by atoms with Crippen molar-refractivity contribution in [1.29, 1.82) is 0 Å². The fraction of sp³-hybridized carbons (Fsp3) is 0.417. The predicted molar refractivity (Wildman–Crippen MR) is 62.1 cm³/mol. The quantitative estimate of drug-likeness (QED) is 0.857. The van der Waals surface area contributed by atoms with Gasteiger partial charge in [-0.1, -0.05) is 0 Å². The van der Waals surface area contributed by atoms with Crippen molar-refractivity contribution in [3.8, 4) is 0 Å². The number of hydrogen-bond donors (Lipinski definition) is 1. The maximum atomic E-state index is 5.56. The summed E-state index contributed by atoms with van der Waals surface area (Å²) in [5, 5.41) is 4.47. The summed E-state index contributed by atoms with van der Waals surface area (Å²) in [6.07, 6.45) is 0. The number of nitrogens with two attached hydrogens (primary N) is 1. The molecular formula is C12H17N3O. The van der Waals surface area contributed by atoms with Crippen LogP contribution in [0.2, 0.25) is 0 Å². The molecule has 0 bridgehead atoms. The first-order valence-corrected chi connectivity index (χ1v) is 5.40. The van der Waals surface area contributed by atoms with E-state index in [0.29, 0.717) is 13.1 Å². The lowest BCUT2D eigenvalue weighted by Gasteiger charge is -2.01. The van der Waals surface area contributed by atoms with Crippen molar-refractivity contribution < 1.29 is 4.42 Å². The lowest BCUT2D eigenvalue weighted by atomic mass is 10.2. The van der Waals surface area contributed by atoms with E-state index >= 15 is 0 Å². The van der Waals surface area contributed by atoms with Crippen LogP contribution in [-0.2, 0) is 13.1 Å². The first-order valence-electron chi connectivity index (χ1n) is 5.40. The minimum Gasteiger partial charge on any atom is -0.463 e. The van der Waals surface area contributed by atoms with Crippen LogP contribution in [0.15, 0.2) is 16.5 Å². The molecule has 2 aromatic rings. The highest BCUT2D eigenvalue weighted by molar-refractivity contribution is 5.23. The molecule has 2 N–H and O–H groups in total. The summed E-state index contributed by atoms with van der Waals surface area (Å²) < 4.78 is 7.52. The van der Waals surface area contributed by atoms with E-state index in [1.807, 2.05) is 23.7 Å². The summed E-state index contributed by atoms with van der Waals surface area (Å²) in [7, 11) is 0. The maximum Gasteiger partial charge on any atom is 0.125 e. The Morgan fingerprint density at radius 2 is 1.94 bits per heavy atom. The van der Waals surface area contributed by atoms with E-state index in [4.69, 9.17) is 10.2 Å². The molecule has 16 heavy (non-hydrogen) atoms. The summed E-state index contributed by atoms with van der Waals surface area (Å²) in [5.41, 5.74) is 9.00. The predicted octanol–water partition coefficient (Wildman–Crippen LogP) is 1.91. The van der Waals surface area contributed by atoms with Crippen LogP contribution in [0.25, 0.3) is 0 Å². The fourth-order valence-corrected chi connectivity index (χ4v) is 1.71. The molecule has 2 aromatic heterocycles. The van der Waals surface area contributed by atoms with Crippen molar-refractivity contribution in [2.24, 2.45) is 5.73 Å². The van der Waals surface area contributed by atoms with Gasteiger partial charge < -0.3 is 10.2 Å². The highest BCUT2D eigenvalue weighted by Gasteiger charge is 2.09. The van der Waals surface area contributed by atoms with Gasteiger partial charge in [-0.05, 0) is 38.5 Å². The second-order valence-corrected chi connectivity index (χ2v) is 4.03. The van der Waals surface area contributed by atoms with E-state index in [1.165, 1.54) is 11.3 Å². The first kappa shape index (κ1) is 11.0. The van der Waals surface area contributed by atoms with Crippen LogP contribution in [0.4, 0.5) is 0 Å². The Bertz CT molecular complexity index is 496. The van der Waals surface area contributed by atoms with E-state index in [0.717, 1.165) is 17.2 Å². The molecule has 0 amide bonds. The third kappa shape index (κ3) is 1.88. The van der Waals surface area contributed by atoms with E-state index in [1.54, 1.807) is 0 Å². The Morgan fingerprint density at radius 3 is 2.44 bits per heavy atom. The molecule has 2 rings (SSSR count). The molecule has 0 aliphatic carbocycles. The van der Waals surface area contributed by atoms with Gasteiger partial charge in [-0.2, -0.15) is 5.10 Å². The molecule has 0 unspecified atom stereocenters. The molecular weight excluding hydrogens is 202 g/mol. The van der Waals surface area contributed by atoms with Crippen molar-refractivity contribution in [2.45, 2.75) is 33.9 Å². The van der Waals surface area contributed by atoms with Crippen LogP contribution in [0, 0.1) is 20.8 Å². The molecule has 0 atom stereocenters. The molecule has 2 heterocycles. The van der Waals surface area contributed by atoms with Gasteiger partial charge in [0, 0.05) is 5.69 Å². The zero-order valence-electron chi connectivity index (χ0n) is 9.95. The summed E-state index contributed by atoms with van der Waals surface area (Å²) in [6, 6.07) is 3.86. The highest BCUT2D eigenvalue weighted by Crippen LogP contribution is 2.14. The van der Waals surface area contributed by atoms with Crippen molar-refractivity contribution >= 4 is 0 Å². The maximum absolute atomic E-state index is 5.56.